The molecule has 0 saturated heterocycles. The van der Waals surface area contributed by atoms with E-state index in [0.717, 1.165) is 18.7 Å². The number of ether oxygens (including phenoxy) is 1. The lowest BCUT2D eigenvalue weighted by Crippen LogP contribution is -2.02. The zero-order valence-corrected chi connectivity index (χ0v) is 9.86. The van der Waals surface area contributed by atoms with Gasteiger partial charge in [0.1, 0.15) is 5.75 Å². The second-order valence-corrected chi connectivity index (χ2v) is 3.84. The van der Waals surface area contributed by atoms with Gasteiger partial charge in [0, 0.05) is 18.1 Å². The molecule has 0 spiro atoms. The van der Waals surface area contributed by atoms with Crippen LogP contribution in [0.15, 0.2) is 24.4 Å². The van der Waals surface area contributed by atoms with Crippen molar-refractivity contribution in [2.45, 2.75) is 19.9 Å². The zero-order valence-electron chi connectivity index (χ0n) is 9.86. The Balaban J connectivity index is 2.68. The van der Waals surface area contributed by atoms with Crippen molar-refractivity contribution in [3.63, 3.8) is 0 Å². The molecule has 0 atom stereocenters. The maximum atomic E-state index is 5.63. The van der Waals surface area contributed by atoms with Gasteiger partial charge < -0.3 is 15.0 Å². The Morgan fingerprint density at radius 2 is 2.19 bits per heavy atom. The quantitative estimate of drug-likeness (QED) is 0.854. The lowest BCUT2D eigenvalue weighted by atomic mass is 10.1. The van der Waals surface area contributed by atoms with Crippen molar-refractivity contribution in [1.29, 1.82) is 0 Å². The number of hydrogen-bond acceptors (Lipinski definition) is 2. The van der Waals surface area contributed by atoms with Gasteiger partial charge in [-0.3, -0.25) is 0 Å². The highest BCUT2D eigenvalue weighted by Gasteiger charge is 2.10. The first kappa shape index (κ1) is 11.0. The van der Waals surface area contributed by atoms with Gasteiger partial charge in [-0.25, -0.2) is 0 Å². The average molecular weight is 218 g/mol. The average Bonchev–Trinajstić information content (AvgIpc) is 2.68. The highest BCUT2D eigenvalue weighted by molar-refractivity contribution is 5.89. The van der Waals surface area contributed by atoms with Crippen molar-refractivity contribution < 1.29 is 4.74 Å². The first-order chi connectivity index (χ1) is 7.81. The van der Waals surface area contributed by atoms with Gasteiger partial charge >= 0.3 is 0 Å². The molecule has 86 valence electrons. The molecule has 3 nitrogen and oxygen atoms in total. The smallest absolute Gasteiger partial charge is 0.143 e. The van der Waals surface area contributed by atoms with Crippen LogP contribution in [0, 0.1) is 0 Å². The van der Waals surface area contributed by atoms with Crippen LogP contribution in [0.4, 0.5) is 0 Å². The molecule has 0 amide bonds. The predicted molar refractivity (Wildman–Crippen MR) is 66.9 cm³/mol. The number of hydrogen-bond donors (Lipinski definition) is 1. The molecular formula is C13H18N2O. The molecule has 1 aromatic heterocycles. The highest BCUT2D eigenvalue weighted by atomic mass is 16.5. The van der Waals surface area contributed by atoms with Crippen LogP contribution in [0.3, 0.4) is 0 Å². The van der Waals surface area contributed by atoms with E-state index in [1.54, 1.807) is 7.11 Å². The highest BCUT2D eigenvalue weighted by Crippen LogP contribution is 2.29. The number of aromatic nitrogens is 1. The maximum Gasteiger partial charge on any atom is 0.143 e. The Morgan fingerprint density at radius 3 is 2.81 bits per heavy atom. The summed E-state index contributed by atoms with van der Waals surface area (Å²) in [5.41, 5.74) is 8.11. The van der Waals surface area contributed by atoms with Crippen LogP contribution in [0.1, 0.15) is 12.5 Å². The second kappa shape index (κ2) is 4.58. The molecule has 16 heavy (non-hydrogen) atoms. The van der Waals surface area contributed by atoms with Gasteiger partial charge in [-0.05, 0) is 31.5 Å². The van der Waals surface area contributed by atoms with Crippen LogP contribution in [-0.2, 0) is 13.0 Å². The van der Waals surface area contributed by atoms with E-state index in [1.807, 2.05) is 12.1 Å². The molecule has 0 aliphatic rings. The molecule has 2 rings (SSSR count). The Labute approximate surface area is 95.8 Å². The molecule has 0 aliphatic heterocycles. The SMILES string of the molecule is CCn1cc(CCN)c2cccc(OC)c21. The minimum absolute atomic E-state index is 0.681. The lowest BCUT2D eigenvalue weighted by Gasteiger charge is -2.06. The second-order valence-electron chi connectivity index (χ2n) is 3.84. The van der Waals surface area contributed by atoms with Crippen LogP contribution in [0.5, 0.6) is 5.75 Å². The van der Waals surface area contributed by atoms with E-state index in [1.165, 1.54) is 16.5 Å². The molecule has 0 saturated carbocycles. The summed E-state index contributed by atoms with van der Waals surface area (Å²) in [7, 11) is 1.71. The van der Waals surface area contributed by atoms with Crippen LogP contribution in [0.25, 0.3) is 10.9 Å². The topological polar surface area (TPSA) is 40.2 Å². The summed E-state index contributed by atoms with van der Waals surface area (Å²) in [6.07, 6.45) is 3.09. The van der Waals surface area contributed by atoms with Gasteiger partial charge in [0.05, 0.1) is 12.6 Å². The number of nitrogens with zero attached hydrogens (tertiary/aromatic N) is 1. The standard InChI is InChI=1S/C13H18N2O/c1-3-15-9-10(7-8-14)11-5-4-6-12(16-2)13(11)15/h4-6,9H,3,7-8,14H2,1-2H3. The molecule has 2 N–H and O–H groups in total. The first-order valence-electron chi connectivity index (χ1n) is 5.66. The Hall–Kier alpha value is -1.48. The molecule has 0 aliphatic carbocycles. The van der Waals surface area contributed by atoms with E-state index in [-0.39, 0.29) is 0 Å². The number of benzene rings is 1. The van der Waals surface area contributed by atoms with Gasteiger partial charge in [0.25, 0.3) is 0 Å². The van der Waals surface area contributed by atoms with Crippen LogP contribution in [0.2, 0.25) is 0 Å². The van der Waals surface area contributed by atoms with E-state index < -0.39 is 0 Å². The van der Waals surface area contributed by atoms with Crippen molar-refractivity contribution in [2.24, 2.45) is 5.73 Å². The number of aryl methyl sites for hydroxylation is 1. The number of rotatable bonds is 4. The molecule has 3 heteroatoms. The van der Waals surface area contributed by atoms with Crippen molar-refractivity contribution in [3.8, 4) is 5.75 Å². The Kier molecular flexibility index (Phi) is 3.15. The predicted octanol–water partition coefficient (Wildman–Crippen LogP) is 2.17. The number of nitrogens with two attached hydrogens (primary N) is 1. The third-order valence-electron chi connectivity index (χ3n) is 2.92. The summed E-state index contributed by atoms with van der Waals surface area (Å²) in [6.45, 7) is 3.76. The van der Waals surface area contributed by atoms with E-state index >= 15 is 0 Å². The van der Waals surface area contributed by atoms with E-state index in [9.17, 15) is 0 Å². The van der Waals surface area contributed by atoms with Crippen molar-refractivity contribution >= 4 is 10.9 Å². The molecule has 0 fully saturated rings. The van der Waals surface area contributed by atoms with Gasteiger partial charge in [-0.15, -0.1) is 0 Å². The van der Waals surface area contributed by atoms with Crippen molar-refractivity contribution in [3.05, 3.63) is 30.0 Å². The molecule has 2 aromatic rings. The normalized spacial score (nSPS) is 10.9. The van der Waals surface area contributed by atoms with E-state index in [4.69, 9.17) is 10.5 Å². The minimum atomic E-state index is 0.681. The minimum Gasteiger partial charge on any atom is -0.495 e. The zero-order chi connectivity index (χ0) is 11.5. The van der Waals surface area contributed by atoms with E-state index in [2.05, 4.69) is 23.8 Å². The van der Waals surface area contributed by atoms with Gasteiger partial charge in [0.2, 0.25) is 0 Å². The number of methoxy groups -OCH3 is 1. The summed E-state index contributed by atoms with van der Waals surface area (Å²) in [5, 5.41) is 1.26. The van der Waals surface area contributed by atoms with Crippen molar-refractivity contribution in [1.82, 2.24) is 4.57 Å². The molecule has 1 aromatic carbocycles. The van der Waals surface area contributed by atoms with Crippen LogP contribution >= 0.6 is 0 Å². The summed E-state index contributed by atoms with van der Waals surface area (Å²) < 4.78 is 7.63. The summed E-state index contributed by atoms with van der Waals surface area (Å²) in [5.74, 6) is 0.933. The number of fused-ring (bicyclic) bond motifs is 1. The monoisotopic (exact) mass is 218 g/mol. The molecular weight excluding hydrogens is 200 g/mol. The fourth-order valence-electron chi connectivity index (χ4n) is 2.17. The van der Waals surface area contributed by atoms with Crippen LogP contribution < -0.4 is 10.5 Å². The fourth-order valence-corrected chi connectivity index (χ4v) is 2.17. The van der Waals surface area contributed by atoms with Gasteiger partial charge in [-0.1, -0.05) is 12.1 Å². The lowest BCUT2D eigenvalue weighted by molar-refractivity contribution is 0.417. The molecule has 0 radical (unpaired) electrons. The third-order valence-corrected chi connectivity index (χ3v) is 2.92. The Morgan fingerprint density at radius 1 is 1.38 bits per heavy atom. The summed E-state index contributed by atoms with van der Waals surface area (Å²) in [4.78, 5) is 0. The third kappa shape index (κ3) is 1.67. The van der Waals surface area contributed by atoms with Crippen molar-refractivity contribution in [2.75, 3.05) is 13.7 Å². The number of para-hydroxylation sites is 1. The molecule has 0 bridgehead atoms. The Bertz CT molecular complexity index is 488. The fraction of sp³-hybridized carbons (Fsp3) is 0.385. The van der Waals surface area contributed by atoms with Crippen LogP contribution in [-0.4, -0.2) is 18.2 Å². The molecule has 0 unspecified atom stereocenters. The summed E-state index contributed by atoms with van der Waals surface area (Å²) >= 11 is 0. The first-order valence-corrected chi connectivity index (χ1v) is 5.66. The molecule has 1 heterocycles. The largest absolute Gasteiger partial charge is 0.495 e. The maximum absolute atomic E-state index is 5.63. The van der Waals surface area contributed by atoms with Gasteiger partial charge in [0.15, 0.2) is 0 Å². The summed E-state index contributed by atoms with van der Waals surface area (Å²) in [6, 6.07) is 6.16. The van der Waals surface area contributed by atoms with E-state index in [0.29, 0.717) is 6.54 Å². The van der Waals surface area contributed by atoms with Gasteiger partial charge in [-0.2, -0.15) is 0 Å².